The lowest BCUT2D eigenvalue weighted by Crippen LogP contribution is -2.13. The highest BCUT2D eigenvalue weighted by molar-refractivity contribution is 5.43. The van der Waals surface area contributed by atoms with E-state index in [0.717, 1.165) is 35.7 Å². The van der Waals surface area contributed by atoms with Gasteiger partial charge in [-0.25, -0.2) is 0 Å². The SMILES string of the molecule is CC(C)Oc1cncc(C(N)c2ccc3c(c2)CCO3)c1. The molecular weight excluding hydrogens is 264 g/mol. The van der Waals surface area contributed by atoms with E-state index in [0.29, 0.717) is 0 Å². The van der Waals surface area contributed by atoms with Crippen LogP contribution in [0.25, 0.3) is 0 Å². The first-order valence-corrected chi connectivity index (χ1v) is 7.26. The van der Waals surface area contributed by atoms with E-state index in [9.17, 15) is 0 Å². The summed E-state index contributed by atoms with van der Waals surface area (Å²) < 4.78 is 11.2. The molecule has 21 heavy (non-hydrogen) atoms. The van der Waals surface area contributed by atoms with Crippen molar-refractivity contribution in [2.45, 2.75) is 32.4 Å². The van der Waals surface area contributed by atoms with Crippen molar-refractivity contribution in [3.8, 4) is 11.5 Å². The smallest absolute Gasteiger partial charge is 0.138 e. The minimum Gasteiger partial charge on any atom is -0.493 e. The maximum Gasteiger partial charge on any atom is 0.138 e. The normalized spacial score (nSPS) is 14.7. The van der Waals surface area contributed by atoms with Gasteiger partial charge in [0.15, 0.2) is 0 Å². The van der Waals surface area contributed by atoms with Gasteiger partial charge in [0.1, 0.15) is 11.5 Å². The van der Waals surface area contributed by atoms with Crippen LogP contribution in [0.15, 0.2) is 36.7 Å². The Bertz CT molecular complexity index is 640. The van der Waals surface area contributed by atoms with Gasteiger partial charge in [0.25, 0.3) is 0 Å². The summed E-state index contributed by atoms with van der Waals surface area (Å²) in [5, 5.41) is 0. The summed E-state index contributed by atoms with van der Waals surface area (Å²) in [6, 6.07) is 7.90. The molecule has 0 bridgehead atoms. The van der Waals surface area contributed by atoms with Gasteiger partial charge in [0.2, 0.25) is 0 Å². The number of nitrogens with zero attached hydrogens (tertiary/aromatic N) is 1. The molecule has 0 amide bonds. The van der Waals surface area contributed by atoms with Gasteiger partial charge < -0.3 is 15.2 Å². The second-order valence-corrected chi connectivity index (χ2v) is 5.56. The van der Waals surface area contributed by atoms with Crippen LogP contribution in [0.5, 0.6) is 11.5 Å². The topological polar surface area (TPSA) is 57.4 Å². The molecule has 4 heteroatoms. The first-order chi connectivity index (χ1) is 10.1. The Morgan fingerprint density at radius 1 is 1.19 bits per heavy atom. The minimum atomic E-state index is -0.209. The maximum atomic E-state index is 6.37. The molecule has 1 aromatic heterocycles. The van der Waals surface area contributed by atoms with Gasteiger partial charge in [-0.05, 0) is 42.7 Å². The molecule has 0 spiro atoms. The molecule has 1 atom stereocenters. The highest BCUT2D eigenvalue weighted by Gasteiger charge is 2.16. The molecule has 1 unspecified atom stereocenters. The average Bonchev–Trinajstić information content (AvgIpc) is 2.93. The summed E-state index contributed by atoms with van der Waals surface area (Å²) in [7, 11) is 0. The monoisotopic (exact) mass is 284 g/mol. The largest absolute Gasteiger partial charge is 0.493 e. The number of aromatic nitrogens is 1. The van der Waals surface area contributed by atoms with Gasteiger partial charge in [-0.3, -0.25) is 4.98 Å². The first-order valence-electron chi connectivity index (χ1n) is 7.26. The van der Waals surface area contributed by atoms with Crippen LogP contribution in [0.1, 0.15) is 36.6 Å². The Kier molecular flexibility index (Phi) is 3.80. The molecule has 3 rings (SSSR count). The fourth-order valence-electron chi connectivity index (χ4n) is 2.53. The van der Waals surface area contributed by atoms with Crippen LogP contribution < -0.4 is 15.2 Å². The van der Waals surface area contributed by atoms with Gasteiger partial charge in [0, 0.05) is 12.6 Å². The third kappa shape index (κ3) is 3.00. The fraction of sp³-hybridized carbons (Fsp3) is 0.353. The molecule has 2 N–H and O–H groups in total. The van der Waals surface area contributed by atoms with Gasteiger partial charge in [-0.1, -0.05) is 12.1 Å². The van der Waals surface area contributed by atoms with Crippen LogP contribution in [0.2, 0.25) is 0 Å². The summed E-state index contributed by atoms with van der Waals surface area (Å²) in [6.07, 6.45) is 4.58. The molecule has 2 heterocycles. The number of fused-ring (bicyclic) bond motifs is 1. The Labute approximate surface area is 124 Å². The summed E-state index contributed by atoms with van der Waals surface area (Å²) in [5.41, 5.74) is 9.62. The van der Waals surface area contributed by atoms with Crippen LogP contribution in [-0.2, 0) is 6.42 Å². The van der Waals surface area contributed by atoms with Crippen molar-refractivity contribution < 1.29 is 9.47 Å². The molecule has 4 nitrogen and oxygen atoms in total. The van der Waals surface area contributed by atoms with Gasteiger partial charge in [-0.2, -0.15) is 0 Å². The lowest BCUT2D eigenvalue weighted by atomic mass is 9.98. The van der Waals surface area contributed by atoms with Gasteiger partial charge in [0.05, 0.1) is 24.9 Å². The van der Waals surface area contributed by atoms with Crippen LogP contribution in [0.4, 0.5) is 0 Å². The quantitative estimate of drug-likeness (QED) is 0.938. The van der Waals surface area contributed by atoms with Gasteiger partial charge >= 0.3 is 0 Å². The fourth-order valence-corrected chi connectivity index (χ4v) is 2.53. The summed E-state index contributed by atoms with van der Waals surface area (Å²) in [5.74, 6) is 1.73. The molecule has 0 fully saturated rings. The summed E-state index contributed by atoms with van der Waals surface area (Å²) >= 11 is 0. The van der Waals surface area contributed by atoms with Crippen molar-refractivity contribution >= 4 is 0 Å². The zero-order valence-corrected chi connectivity index (χ0v) is 12.4. The molecule has 1 aromatic carbocycles. The Morgan fingerprint density at radius 3 is 2.86 bits per heavy atom. The number of hydrogen-bond donors (Lipinski definition) is 1. The number of hydrogen-bond acceptors (Lipinski definition) is 4. The standard InChI is InChI=1S/C17H20N2O2/c1-11(2)21-15-8-14(9-19-10-15)17(18)13-3-4-16-12(7-13)5-6-20-16/h3-4,7-11,17H,5-6,18H2,1-2H3. The second-order valence-electron chi connectivity index (χ2n) is 5.56. The van der Waals surface area contributed by atoms with E-state index in [1.165, 1.54) is 5.56 Å². The van der Waals surface area contributed by atoms with Crippen molar-refractivity contribution in [3.05, 3.63) is 53.3 Å². The molecule has 1 aliphatic heterocycles. The summed E-state index contributed by atoms with van der Waals surface area (Å²) in [4.78, 5) is 4.23. The lowest BCUT2D eigenvalue weighted by molar-refractivity contribution is 0.241. The maximum absolute atomic E-state index is 6.37. The third-order valence-corrected chi connectivity index (χ3v) is 3.54. The lowest BCUT2D eigenvalue weighted by Gasteiger charge is -2.15. The van der Waals surface area contributed by atoms with Crippen molar-refractivity contribution in [2.24, 2.45) is 5.73 Å². The van der Waals surface area contributed by atoms with E-state index in [1.807, 2.05) is 32.0 Å². The van der Waals surface area contributed by atoms with Crippen LogP contribution in [-0.4, -0.2) is 17.7 Å². The highest BCUT2D eigenvalue weighted by Crippen LogP contribution is 2.30. The van der Waals surface area contributed by atoms with Crippen molar-refractivity contribution in [1.29, 1.82) is 0 Å². The summed E-state index contributed by atoms with van der Waals surface area (Å²) in [6.45, 7) is 4.74. The van der Waals surface area contributed by atoms with E-state index in [-0.39, 0.29) is 12.1 Å². The minimum absolute atomic E-state index is 0.121. The van der Waals surface area contributed by atoms with Crippen molar-refractivity contribution in [1.82, 2.24) is 4.98 Å². The van der Waals surface area contributed by atoms with Crippen LogP contribution in [0, 0.1) is 0 Å². The molecule has 0 aliphatic carbocycles. The molecule has 0 saturated heterocycles. The predicted molar refractivity (Wildman–Crippen MR) is 81.7 cm³/mol. The van der Waals surface area contributed by atoms with E-state index >= 15 is 0 Å². The molecule has 1 aliphatic rings. The predicted octanol–water partition coefficient (Wildman–Crippen LogP) is 2.85. The van der Waals surface area contributed by atoms with E-state index < -0.39 is 0 Å². The van der Waals surface area contributed by atoms with Crippen molar-refractivity contribution in [2.75, 3.05) is 6.61 Å². The number of nitrogens with two attached hydrogens (primary N) is 1. The number of pyridine rings is 1. The molecule has 110 valence electrons. The Morgan fingerprint density at radius 2 is 2.05 bits per heavy atom. The van der Waals surface area contributed by atoms with Crippen LogP contribution >= 0.6 is 0 Å². The van der Waals surface area contributed by atoms with E-state index in [1.54, 1.807) is 12.4 Å². The number of benzene rings is 1. The zero-order valence-electron chi connectivity index (χ0n) is 12.4. The third-order valence-electron chi connectivity index (χ3n) is 3.54. The van der Waals surface area contributed by atoms with E-state index in [2.05, 4.69) is 11.1 Å². The molecular formula is C17H20N2O2. The van der Waals surface area contributed by atoms with Crippen LogP contribution in [0.3, 0.4) is 0 Å². The molecule has 0 radical (unpaired) electrons. The number of ether oxygens (including phenoxy) is 2. The molecule has 0 saturated carbocycles. The highest BCUT2D eigenvalue weighted by atomic mass is 16.5. The average molecular weight is 284 g/mol. The zero-order chi connectivity index (χ0) is 14.8. The first kappa shape index (κ1) is 13.9. The molecule has 2 aromatic rings. The van der Waals surface area contributed by atoms with Crippen molar-refractivity contribution in [3.63, 3.8) is 0 Å². The Balaban J connectivity index is 1.86. The van der Waals surface area contributed by atoms with Gasteiger partial charge in [-0.15, -0.1) is 0 Å². The van der Waals surface area contributed by atoms with E-state index in [4.69, 9.17) is 15.2 Å². The number of rotatable bonds is 4. The second kappa shape index (κ2) is 5.74. The Hall–Kier alpha value is -2.07.